The standard InChI is InChI=1S/C22H24N2O4/c1-3-24(14-16-6-5-7-20-21(16)28-11-10-27-20)22(25)19-12-15-8-9-17(26-4-2)13-18(15)23-19/h5-9,12-13,23H,3-4,10-11,14H2,1-2H3. The van der Waals surface area contributed by atoms with Crippen molar-refractivity contribution >= 4 is 16.8 Å². The second-order valence-corrected chi connectivity index (χ2v) is 6.63. The highest BCUT2D eigenvalue weighted by molar-refractivity contribution is 5.98. The normalized spacial score (nSPS) is 12.8. The Hall–Kier alpha value is -3.15. The summed E-state index contributed by atoms with van der Waals surface area (Å²) in [7, 11) is 0. The molecule has 0 spiro atoms. The van der Waals surface area contributed by atoms with Crippen LogP contribution in [-0.4, -0.2) is 42.2 Å². The number of aromatic nitrogens is 1. The van der Waals surface area contributed by atoms with Gasteiger partial charge in [0.15, 0.2) is 11.5 Å². The number of benzene rings is 2. The van der Waals surface area contributed by atoms with Crippen LogP contribution in [0, 0.1) is 0 Å². The lowest BCUT2D eigenvalue weighted by Crippen LogP contribution is -2.31. The molecular weight excluding hydrogens is 356 g/mol. The predicted octanol–water partition coefficient (Wildman–Crippen LogP) is 4.00. The van der Waals surface area contributed by atoms with Crippen LogP contribution in [0.2, 0.25) is 0 Å². The van der Waals surface area contributed by atoms with E-state index in [2.05, 4.69) is 4.98 Å². The van der Waals surface area contributed by atoms with Gasteiger partial charge in [-0.15, -0.1) is 0 Å². The van der Waals surface area contributed by atoms with Crippen LogP contribution in [0.3, 0.4) is 0 Å². The molecule has 28 heavy (non-hydrogen) atoms. The third-order valence-corrected chi connectivity index (χ3v) is 4.81. The summed E-state index contributed by atoms with van der Waals surface area (Å²) in [6.07, 6.45) is 0. The summed E-state index contributed by atoms with van der Waals surface area (Å²) < 4.78 is 17.0. The van der Waals surface area contributed by atoms with Crippen LogP contribution in [0.5, 0.6) is 17.2 Å². The third kappa shape index (κ3) is 3.50. The maximum Gasteiger partial charge on any atom is 0.270 e. The molecule has 0 fully saturated rings. The summed E-state index contributed by atoms with van der Waals surface area (Å²) in [4.78, 5) is 18.1. The predicted molar refractivity (Wildman–Crippen MR) is 107 cm³/mol. The molecule has 6 heteroatoms. The Kier molecular flexibility index (Phi) is 5.10. The lowest BCUT2D eigenvalue weighted by molar-refractivity contribution is 0.0744. The minimum Gasteiger partial charge on any atom is -0.494 e. The number of hydrogen-bond acceptors (Lipinski definition) is 4. The molecule has 0 bridgehead atoms. The first-order chi connectivity index (χ1) is 13.7. The highest BCUT2D eigenvalue weighted by Gasteiger charge is 2.21. The molecule has 0 saturated heterocycles. The van der Waals surface area contributed by atoms with E-state index in [9.17, 15) is 4.79 Å². The van der Waals surface area contributed by atoms with Crippen molar-refractivity contribution in [1.82, 2.24) is 9.88 Å². The number of amides is 1. The quantitative estimate of drug-likeness (QED) is 0.702. The van der Waals surface area contributed by atoms with Crippen molar-refractivity contribution in [3.63, 3.8) is 0 Å². The van der Waals surface area contributed by atoms with Crippen LogP contribution in [0.25, 0.3) is 10.9 Å². The van der Waals surface area contributed by atoms with E-state index in [1.807, 2.05) is 56.3 Å². The monoisotopic (exact) mass is 380 g/mol. The highest BCUT2D eigenvalue weighted by atomic mass is 16.6. The molecule has 1 N–H and O–H groups in total. The molecule has 2 aromatic carbocycles. The zero-order valence-electron chi connectivity index (χ0n) is 16.2. The molecule has 3 aromatic rings. The number of carbonyl (C=O) groups excluding carboxylic acids is 1. The SMILES string of the molecule is CCOc1ccc2cc(C(=O)N(CC)Cc3cccc4c3OCCO4)[nH]c2c1. The van der Waals surface area contributed by atoms with Gasteiger partial charge in [-0.1, -0.05) is 12.1 Å². The average molecular weight is 380 g/mol. The van der Waals surface area contributed by atoms with Gasteiger partial charge in [0.05, 0.1) is 6.61 Å². The third-order valence-electron chi connectivity index (χ3n) is 4.81. The van der Waals surface area contributed by atoms with E-state index in [-0.39, 0.29) is 5.91 Å². The van der Waals surface area contributed by atoms with E-state index in [4.69, 9.17) is 14.2 Å². The van der Waals surface area contributed by atoms with E-state index in [0.717, 1.165) is 33.7 Å². The summed E-state index contributed by atoms with van der Waals surface area (Å²) in [5.41, 5.74) is 2.40. The van der Waals surface area contributed by atoms with Gasteiger partial charge in [-0.3, -0.25) is 4.79 Å². The van der Waals surface area contributed by atoms with Crippen molar-refractivity contribution < 1.29 is 19.0 Å². The molecular formula is C22H24N2O4. The van der Waals surface area contributed by atoms with Crippen molar-refractivity contribution in [2.75, 3.05) is 26.4 Å². The highest BCUT2D eigenvalue weighted by Crippen LogP contribution is 2.34. The maximum absolute atomic E-state index is 13.1. The zero-order valence-corrected chi connectivity index (χ0v) is 16.2. The van der Waals surface area contributed by atoms with E-state index >= 15 is 0 Å². The molecule has 0 unspecified atom stereocenters. The Morgan fingerprint density at radius 2 is 2.00 bits per heavy atom. The van der Waals surface area contributed by atoms with Gasteiger partial charge in [0.25, 0.3) is 5.91 Å². The summed E-state index contributed by atoms with van der Waals surface area (Å²) in [6, 6.07) is 13.5. The molecule has 1 aliphatic heterocycles. The van der Waals surface area contributed by atoms with Gasteiger partial charge in [-0.2, -0.15) is 0 Å². The fourth-order valence-electron chi connectivity index (χ4n) is 3.44. The number of nitrogens with zero attached hydrogens (tertiary/aromatic N) is 1. The Labute approximate surface area is 164 Å². The number of carbonyl (C=O) groups is 1. The number of H-pyrrole nitrogens is 1. The smallest absolute Gasteiger partial charge is 0.270 e. The summed E-state index contributed by atoms with van der Waals surface area (Å²) in [5.74, 6) is 2.21. The van der Waals surface area contributed by atoms with Crippen molar-refractivity contribution in [2.45, 2.75) is 20.4 Å². The first kappa shape index (κ1) is 18.2. The van der Waals surface area contributed by atoms with Crippen LogP contribution in [0.15, 0.2) is 42.5 Å². The van der Waals surface area contributed by atoms with Crippen molar-refractivity contribution in [1.29, 1.82) is 0 Å². The van der Waals surface area contributed by atoms with Gasteiger partial charge >= 0.3 is 0 Å². The van der Waals surface area contributed by atoms with E-state index in [1.54, 1.807) is 4.90 Å². The Morgan fingerprint density at radius 1 is 1.14 bits per heavy atom. The summed E-state index contributed by atoms with van der Waals surface area (Å²) in [5, 5.41) is 0.983. The van der Waals surface area contributed by atoms with Gasteiger partial charge in [0, 0.05) is 35.6 Å². The van der Waals surface area contributed by atoms with Crippen LogP contribution in [0.1, 0.15) is 29.9 Å². The molecule has 0 aliphatic carbocycles. The topological polar surface area (TPSA) is 63.8 Å². The fraction of sp³-hybridized carbons (Fsp3) is 0.318. The van der Waals surface area contributed by atoms with Crippen molar-refractivity contribution in [3.8, 4) is 17.2 Å². The van der Waals surface area contributed by atoms with Crippen molar-refractivity contribution in [2.24, 2.45) is 0 Å². The minimum atomic E-state index is -0.0500. The van der Waals surface area contributed by atoms with Crippen LogP contribution < -0.4 is 14.2 Å². The average Bonchev–Trinajstić information content (AvgIpc) is 3.15. The van der Waals surface area contributed by atoms with Gasteiger partial charge in [0.1, 0.15) is 24.7 Å². The van der Waals surface area contributed by atoms with Crippen LogP contribution in [-0.2, 0) is 6.54 Å². The van der Waals surface area contributed by atoms with E-state index in [0.29, 0.717) is 38.6 Å². The second kappa shape index (κ2) is 7.84. The van der Waals surface area contributed by atoms with E-state index < -0.39 is 0 Å². The number of fused-ring (bicyclic) bond motifs is 2. The molecule has 0 radical (unpaired) electrons. The van der Waals surface area contributed by atoms with Crippen LogP contribution in [0.4, 0.5) is 0 Å². The second-order valence-electron chi connectivity index (χ2n) is 6.63. The molecule has 1 aliphatic rings. The Balaban J connectivity index is 1.58. The molecule has 2 heterocycles. The minimum absolute atomic E-state index is 0.0500. The summed E-state index contributed by atoms with van der Waals surface area (Å²) in [6.45, 7) is 6.64. The summed E-state index contributed by atoms with van der Waals surface area (Å²) >= 11 is 0. The fourth-order valence-corrected chi connectivity index (χ4v) is 3.44. The number of ether oxygens (including phenoxy) is 3. The van der Waals surface area contributed by atoms with Gasteiger partial charge in [-0.25, -0.2) is 0 Å². The molecule has 4 rings (SSSR count). The molecule has 1 aromatic heterocycles. The van der Waals surface area contributed by atoms with Gasteiger partial charge < -0.3 is 24.1 Å². The molecule has 0 atom stereocenters. The molecule has 1 amide bonds. The van der Waals surface area contributed by atoms with Gasteiger partial charge in [-0.05, 0) is 38.1 Å². The largest absolute Gasteiger partial charge is 0.494 e. The number of para-hydroxylation sites is 1. The Bertz CT molecular complexity index is 995. The first-order valence-electron chi connectivity index (χ1n) is 9.62. The van der Waals surface area contributed by atoms with Gasteiger partial charge in [0.2, 0.25) is 0 Å². The number of aromatic amines is 1. The Morgan fingerprint density at radius 3 is 2.82 bits per heavy atom. The number of hydrogen-bond donors (Lipinski definition) is 1. The maximum atomic E-state index is 13.1. The van der Waals surface area contributed by atoms with Crippen LogP contribution >= 0.6 is 0 Å². The zero-order chi connectivity index (χ0) is 19.5. The lowest BCUT2D eigenvalue weighted by Gasteiger charge is -2.25. The first-order valence-corrected chi connectivity index (χ1v) is 9.62. The molecule has 146 valence electrons. The lowest BCUT2D eigenvalue weighted by atomic mass is 10.1. The molecule has 0 saturated carbocycles. The molecule has 6 nitrogen and oxygen atoms in total. The number of rotatable bonds is 6. The number of nitrogens with one attached hydrogen (secondary N) is 1. The van der Waals surface area contributed by atoms with E-state index in [1.165, 1.54) is 0 Å². The van der Waals surface area contributed by atoms with Crippen molar-refractivity contribution in [3.05, 3.63) is 53.7 Å².